The van der Waals surface area contributed by atoms with Crippen molar-refractivity contribution in [2.24, 2.45) is 28.6 Å². The molecule has 3 aliphatic rings. The quantitative estimate of drug-likeness (QED) is 0.753. The highest BCUT2D eigenvalue weighted by molar-refractivity contribution is 5.67. The molecule has 2 heteroatoms. The summed E-state index contributed by atoms with van der Waals surface area (Å²) >= 11 is 0. The molecule has 1 spiro atoms. The van der Waals surface area contributed by atoms with Crippen molar-refractivity contribution in [3.8, 4) is 0 Å². The average molecular weight is 248 g/mol. The van der Waals surface area contributed by atoms with Gasteiger partial charge in [-0.05, 0) is 60.7 Å². The number of carboxylic acid groups (broad SMARTS) is 1. The summed E-state index contributed by atoms with van der Waals surface area (Å²) in [4.78, 5) is 11.1. The van der Waals surface area contributed by atoms with Crippen LogP contribution in [0.15, 0.2) is 12.2 Å². The fourth-order valence-corrected chi connectivity index (χ4v) is 5.38. The van der Waals surface area contributed by atoms with Gasteiger partial charge in [0.05, 0.1) is 0 Å². The molecular weight excluding hydrogens is 224 g/mol. The number of carbonyl (C=O) groups is 1. The second-order valence-electron chi connectivity index (χ2n) is 7.34. The molecule has 0 heterocycles. The van der Waals surface area contributed by atoms with Crippen LogP contribution in [-0.4, -0.2) is 11.1 Å². The predicted molar refractivity (Wildman–Crippen MR) is 71.2 cm³/mol. The topological polar surface area (TPSA) is 37.3 Å². The lowest BCUT2D eigenvalue weighted by Crippen LogP contribution is -2.41. The van der Waals surface area contributed by atoms with E-state index in [2.05, 4.69) is 20.4 Å². The van der Waals surface area contributed by atoms with Crippen molar-refractivity contribution in [1.29, 1.82) is 0 Å². The lowest BCUT2D eigenvalue weighted by atomic mass is 9.56. The number of rotatable bonds is 2. The molecule has 0 aromatic carbocycles. The molecule has 3 aliphatic carbocycles. The molecule has 100 valence electrons. The van der Waals surface area contributed by atoms with Crippen LogP contribution in [0.5, 0.6) is 0 Å². The maximum atomic E-state index is 11.1. The number of hydrogen-bond acceptors (Lipinski definition) is 1. The maximum Gasteiger partial charge on any atom is 0.303 e. The third-order valence-electron chi connectivity index (χ3n) is 6.59. The molecule has 0 aliphatic heterocycles. The third kappa shape index (κ3) is 1.38. The zero-order chi connectivity index (χ0) is 13.1. The third-order valence-corrected chi connectivity index (χ3v) is 6.59. The summed E-state index contributed by atoms with van der Waals surface area (Å²) in [5.74, 6) is 1.11. The Morgan fingerprint density at radius 2 is 2.11 bits per heavy atom. The van der Waals surface area contributed by atoms with Gasteiger partial charge in [-0.3, -0.25) is 4.79 Å². The first-order valence-corrected chi connectivity index (χ1v) is 7.29. The van der Waals surface area contributed by atoms with Gasteiger partial charge in [0.2, 0.25) is 0 Å². The van der Waals surface area contributed by atoms with Crippen molar-refractivity contribution < 1.29 is 9.90 Å². The Morgan fingerprint density at radius 3 is 2.78 bits per heavy atom. The second-order valence-corrected chi connectivity index (χ2v) is 7.34. The van der Waals surface area contributed by atoms with E-state index in [1.165, 1.54) is 31.3 Å². The standard InChI is InChI=1S/C16H24O2/c1-10-13-5-4-11(8-14(17)18)16(13)7-6-12(9-16)15(10,2)3/h11-13H,1,4-9H2,2-3H3,(H,17,18)/t11-,12-,13-,16+/m1/s1. The lowest BCUT2D eigenvalue weighted by molar-refractivity contribution is -0.139. The van der Waals surface area contributed by atoms with Gasteiger partial charge in [-0.25, -0.2) is 0 Å². The molecule has 0 saturated heterocycles. The largest absolute Gasteiger partial charge is 0.481 e. The minimum atomic E-state index is -0.617. The van der Waals surface area contributed by atoms with E-state index in [1.54, 1.807) is 0 Å². The first-order valence-electron chi connectivity index (χ1n) is 7.29. The molecule has 18 heavy (non-hydrogen) atoms. The van der Waals surface area contributed by atoms with Crippen LogP contribution in [0.2, 0.25) is 0 Å². The Morgan fingerprint density at radius 1 is 1.39 bits per heavy atom. The van der Waals surface area contributed by atoms with Crippen LogP contribution in [0.25, 0.3) is 0 Å². The van der Waals surface area contributed by atoms with E-state index in [0.29, 0.717) is 23.7 Å². The molecule has 0 unspecified atom stereocenters. The second kappa shape index (κ2) is 3.61. The van der Waals surface area contributed by atoms with E-state index in [0.717, 1.165) is 12.3 Å². The van der Waals surface area contributed by atoms with Crippen LogP contribution < -0.4 is 0 Å². The highest BCUT2D eigenvalue weighted by atomic mass is 16.4. The zero-order valence-electron chi connectivity index (χ0n) is 11.5. The summed E-state index contributed by atoms with van der Waals surface area (Å²) in [7, 11) is 0. The maximum absolute atomic E-state index is 11.1. The lowest BCUT2D eigenvalue weighted by Gasteiger charge is -2.49. The number of hydrogen-bond donors (Lipinski definition) is 1. The van der Waals surface area contributed by atoms with Gasteiger partial charge in [-0.1, -0.05) is 26.0 Å². The van der Waals surface area contributed by atoms with Gasteiger partial charge in [-0.15, -0.1) is 0 Å². The van der Waals surface area contributed by atoms with Gasteiger partial charge in [0.1, 0.15) is 0 Å². The normalized spacial score (nSPS) is 45.0. The van der Waals surface area contributed by atoms with Crippen molar-refractivity contribution >= 4 is 5.97 Å². The van der Waals surface area contributed by atoms with E-state index < -0.39 is 5.97 Å². The summed E-state index contributed by atoms with van der Waals surface area (Å²) in [6, 6.07) is 0. The molecule has 3 saturated carbocycles. The number of aliphatic carboxylic acids is 1. The van der Waals surface area contributed by atoms with Crippen molar-refractivity contribution in [1.82, 2.24) is 0 Å². The van der Waals surface area contributed by atoms with Crippen LogP contribution in [0.4, 0.5) is 0 Å². The fraction of sp³-hybridized carbons (Fsp3) is 0.812. The van der Waals surface area contributed by atoms with Gasteiger partial charge >= 0.3 is 5.97 Å². The summed E-state index contributed by atoms with van der Waals surface area (Å²) in [6.45, 7) is 9.11. The molecule has 0 amide bonds. The van der Waals surface area contributed by atoms with Gasteiger partial charge in [0, 0.05) is 6.42 Å². The molecule has 3 rings (SSSR count). The fourth-order valence-electron chi connectivity index (χ4n) is 5.38. The Kier molecular flexibility index (Phi) is 2.46. The van der Waals surface area contributed by atoms with Crippen molar-refractivity contribution in [2.45, 2.75) is 52.4 Å². The first-order chi connectivity index (χ1) is 8.38. The number of fused-ring (bicyclic) bond motifs is 1. The average Bonchev–Trinajstić information content (AvgIpc) is 2.83. The Bertz CT molecular complexity index is 409. The SMILES string of the molecule is C=C1[C@H]2CC[C@H](CC(=O)O)[C@@]23CC[C@H](C3)C1(C)C. The van der Waals surface area contributed by atoms with Crippen LogP contribution in [0.1, 0.15) is 52.4 Å². The predicted octanol–water partition coefficient (Wildman–Crippen LogP) is 3.87. The zero-order valence-corrected chi connectivity index (χ0v) is 11.5. The van der Waals surface area contributed by atoms with Gasteiger partial charge < -0.3 is 5.11 Å². The highest BCUT2D eigenvalue weighted by Gasteiger charge is 2.61. The molecule has 0 aromatic rings. The van der Waals surface area contributed by atoms with Crippen molar-refractivity contribution in [3.63, 3.8) is 0 Å². The van der Waals surface area contributed by atoms with Crippen LogP contribution in [0, 0.1) is 28.6 Å². The molecule has 3 fully saturated rings. The summed E-state index contributed by atoms with van der Waals surface area (Å²) < 4.78 is 0. The van der Waals surface area contributed by atoms with Gasteiger partial charge in [0.15, 0.2) is 0 Å². The van der Waals surface area contributed by atoms with Crippen molar-refractivity contribution in [3.05, 3.63) is 12.2 Å². The summed E-state index contributed by atoms with van der Waals surface area (Å²) in [6.07, 6.45) is 6.41. The highest BCUT2D eigenvalue weighted by Crippen LogP contribution is 2.70. The van der Waals surface area contributed by atoms with Crippen LogP contribution in [0.3, 0.4) is 0 Å². The number of allylic oxidation sites excluding steroid dienone is 1. The number of carboxylic acids is 1. The molecular formula is C16H24O2. The molecule has 0 radical (unpaired) electrons. The van der Waals surface area contributed by atoms with Crippen LogP contribution in [-0.2, 0) is 4.79 Å². The van der Waals surface area contributed by atoms with E-state index in [4.69, 9.17) is 5.11 Å². The summed E-state index contributed by atoms with van der Waals surface area (Å²) in [5, 5.41) is 9.13. The minimum Gasteiger partial charge on any atom is -0.481 e. The van der Waals surface area contributed by atoms with Crippen LogP contribution >= 0.6 is 0 Å². The van der Waals surface area contributed by atoms with E-state index in [-0.39, 0.29) is 5.41 Å². The van der Waals surface area contributed by atoms with E-state index in [9.17, 15) is 4.79 Å². The monoisotopic (exact) mass is 248 g/mol. The first kappa shape index (κ1) is 12.3. The minimum absolute atomic E-state index is 0.267. The van der Waals surface area contributed by atoms with Crippen molar-refractivity contribution in [2.75, 3.05) is 0 Å². The van der Waals surface area contributed by atoms with E-state index >= 15 is 0 Å². The van der Waals surface area contributed by atoms with E-state index in [1.807, 2.05) is 0 Å². The smallest absolute Gasteiger partial charge is 0.303 e. The van der Waals surface area contributed by atoms with Gasteiger partial charge in [-0.2, -0.15) is 0 Å². The molecule has 1 N–H and O–H groups in total. The Balaban J connectivity index is 1.95. The molecule has 0 aromatic heterocycles. The Labute approximate surface area is 109 Å². The molecule has 2 nitrogen and oxygen atoms in total. The molecule has 4 atom stereocenters. The summed E-state index contributed by atoms with van der Waals surface area (Å²) in [5.41, 5.74) is 1.99. The van der Waals surface area contributed by atoms with Gasteiger partial charge in [0.25, 0.3) is 0 Å². The Hall–Kier alpha value is -0.790. The molecule has 2 bridgehead atoms.